The molecule has 168 valence electrons. The number of aromatic nitrogens is 1. The molecule has 0 saturated heterocycles. The van der Waals surface area contributed by atoms with Crippen molar-refractivity contribution in [3.8, 4) is 23.0 Å². The fraction of sp³-hybridized carbons (Fsp3) is 0.261. The van der Waals surface area contributed by atoms with Crippen molar-refractivity contribution in [2.24, 2.45) is 0 Å². The Morgan fingerprint density at radius 3 is 2.44 bits per heavy atom. The highest BCUT2D eigenvalue weighted by atomic mass is 32.1. The summed E-state index contributed by atoms with van der Waals surface area (Å²) >= 11 is 5.18. The summed E-state index contributed by atoms with van der Waals surface area (Å²) in [6.07, 6.45) is 1.92. The van der Waals surface area contributed by atoms with E-state index in [0.717, 1.165) is 16.6 Å². The molecular weight excluding hydrogens is 430 g/mol. The highest BCUT2D eigenvalue weighted by molar-refractivity contribution is 7.80. The van der Waals surface area contributed by atoms with Crippen molar-refractivity contribution in [1.82, 2.24) is 10.3 Å². The van der Waals surface area contributed by atoms with Gasteiger partial charge in [0.05, 0.1) is 32.8 Å². The first kappa shape index (κ1) is 23.2. The standard InChI is InChI=1S/C23H25N3O5S/c1-4-30-12-10-22(27)26-23(32)25-15-5-7-16(8-6-15)31-19-9-11-24-18-14-21(29-3)20(28-2)13-17(18)19/h5-9,11,13-14H,4,10,12H2,1-3H3,(H2,25,26,27,32). The Kier molecular flexibility index (Phi) is 8.18. The van der Waals surface area contributed by atoms with E-state index in [1.54, 1.807) is 56.8 Å². The minimum Gasteiger partial charge on any atom is -0.493 e. The molecular formula is C23H25N3O5S. The van der Waals surface area contributed by atoms with Crippen molar-refractivity contribution in [2.75, 3.05) is 32.8 Å². The number of carbonyl (C=O) groups excluding carboxylic acids is 1. The molecule has 0 saturated carbocycles. The minimum absolute atomic E-state index is 0.201. The Labute approximate surface area is 191 Å². The number of rotatable bonds is 9. The maximum Gasteiger partial charge on any atom is 0.228 e. The van der Waals surface area contributed by atoms with Crippen LogP contribution in [0.2, 0.25) is 0 Å². The van der Waals surface area contributed by atoms with Crippen LogP contribution in [-0.4, -0.2) is 43.4 Å². The zero-order chi connectivity index (χ0) is 22.9. The van der Waals surface area contributed by atoms with E-state index in [4.69, 9.17) is 31.2 Å². The lowest BCUT2D eigenvalue weighted by Gasteiger charge is -2.13. The molecule has 0 spiro atoms. The smallest absolute Gasteiger partial charge is 0.228 e. The van der Waals surface area contributed by atoms with E-state index in [1.807, 2.05) is 13.0 Å². The molecule has 0 atom stereocenters. The van der Waals surface area contributed by atoms with Crippen molar-refractivity contribution in [1.29, 1.82) is 0 Å². The third kappa shape index (κ3) is 6.05. The summed E-state index contributed by atoms with van der Waals surface area (Å²) < 4.78 is 22.0. The van der Waals surface area contributed by atoms with Gasteiger partial charge in [-0.05, 0) is 55.5 Å². The maximum absolute atomic E-state index is 11.8. The van der Waals surface area contributed by atoms with Gasteiger partial charge in [0.25, 0.3) is 0 Å². The quantitative estimate of drug-likeness (QED) is 0.365. The zero-order valence-electron chi connectivity index (χ0n) is 18.1. The van der Waals surface area contributed by atoms with Gasteiger partial charge in [0.1, 0.15) is 11.5 Å². The molecule has 1 amide bonds. The van der Waals surface area contributed by atoms with Gasteiger partial charge in [-0.1, -0.05) is 0 Å². The van der Waals surface area contributed by atoms with Gasteiger partial charge in [0.15, 0.2) is 16.6 Å². The Morgan fingerprint density at radius 2 is 1.75 bits per heavy atom. The average Bonchev–Trinajstić information content (AvgIpc) is 2.79. The van der Waals surface area contributed by atoms with E-state index < -0.39 is 0 Å². The number of hydrogen-bond acceptors (Lipinski definition) is 7. The Balaban J connectivity index is 1.66. The zero-order valence-corrected chi connectivity index (χ0v) is 19.0. The van der Waals surface area contributed by atoms with Gasteiger partial charge in [-0.2, -0.15) is 0 Å². The van der Waals surface area contributed by atoms with E-state index in [0.29, 0.717) is 36.2 Å². The van der Waals surface area contributed by atoms with Gasteiger partial charge in [0, 0.05) is 29.9 Å². The van der Waals surface area contributed by atoms with Crippen LogP contribution in [0, 0.1) is 0 Å². The number of thiocarbonyl (C=S) groups is 1. The number of fused-ring (bicyclic) bond motifs is 1. The molecule has 1 heterocycles. The second-order valence-electron chi connectivity index (χ2n) is 6.61. The first-order valence-electron chi connectivity index (χ1n) is 10.0. The van der Waals surface area contributed by atoms with Gasteiger partial charge in [0.2, 0.25) is 5.91 Å². The van der Waals surface area contributed by atoms with Gasteiger partial charge < -0.3 is 29.6 Å². The van der Waals surface area contributed by atoms with Crippen molar-refractivity contribution in [2.45, 2.75) is 13.3 Å². The second-order valence-corrected chi connectivity index (χ2v) is 7.02. The fourth-order valence-corrected chi connectivity index (χ4v) is 3.16. The largest absolute Gasteiger partial charge is 0.493 e. The van der Waals surface area contributed by atoms with Crippen molar-refractivity contribution in [3.05, 3.63) is 48.7 Å². The van der Waals surface area contributed by atoms with E-state index in [1.165, 1.54) is 0 Å². The number of ether oxygens (including phenoxy) is 4. The molecule has 3 rings (SSSR count). The number of methoxy groups -OCH3 is 2. The predicted molar refractivity (Wildman–Crippen MR) is 127 cm³/mol. The lowest BCUT2D eigenvalue weighted by atomic mass is 10.2. The van der Waals surface area contributed by atoms with E-state index in [-0.39, 0.29) is 17.4 Å². The number of anilines is 1. The molecule has 8 nitrogen and oxygen atoms in total. The minimum atomic E-state index is -0.201. The highest BCUT2D eigenvalue weighted by Gasteiger charge is 2.11. The molecule has 32 heavy (non-hydrogen) atoms. The molecule has 1 aromatic heterocycles. The first-order chi connectivity index (χ1) is 15.5. The summed E-state index contributed by atoms with van der Waals surface area (Å²) in [5.74, 6) is 2.25. The molecule has 2 N–H and O–H groups in total. The van der Waals surface area contributed by atoms with Crippen LogP contribution in [0.5, 0.6) is 23.0 Å². The molecule has 0 radical (unpaired) electrons. The maximum atomic E-state index is 11.8. The fourth-order valence-electron chi connectivity index (χ4n) is 2.93. The third-order valence-corrected chi connectivity index (χ3v) is 4.68. The number of amides is 1. The molecule has 0 fully saturated rings. The monoisotopic (exact) mass is 455 g/mol. The van der Waals surface area contributed by atoms with Gasteiger partial charge in [-0.25, -0.2) is 0 Å². The van der Waals surface area contributed by atoms with Crippen molar-refractivity contribution < 1.29 is 23.7 Å². The van der Waals surface area contributed by atoms with E-state index in [9.17, 15) is 4.79 Å². The molecule has 3 aromatic rings. The number of nitrogens with one attached hydrogen (secondary N) is 2. The molecule has 0 aliphatic carbocycles. The molecule has 0 aliphatic rings. The van der Waals surface area contributed by atoms with Crippen LogP contribution in [0.25, 0.3) is 10.9 Å². The van der Waals surface area contributed by atoms with Gasteiger partial charge >= 0.3 is 0 Å². The third-order valence-electron chi connectivity index (χ3n) is 4.48. The normalized spacial score (nSPS) is 10.5. The predicted octanol–water partition coefficient (Wildman–Crippen LogP) is 4.28. The van der Waals surface area contributed by atoms with Crippen LogP contribution in [0.15, 0.2) is 48.7 Å². The van der Waals surface area contributed by atoms with Crippen LogP contribution in [0.4, 0.5) is 5.69 Å². The summed E-state index contributed by atoms with van der Waals surface area (Å²) in [4.78, 5) is 16.2. The van der Waals surface area contributed by atoms with E-state index >= 15 is 0 Å². The molecule has 2 aromatic carbocycles. The second kappa shape index (κ2) is 11.3. The Bertz CT molecular complexity index is 1090. The lowest BCUT2D eigenvalue weighted by Crippen LogP contribution is -2.34. The van der Waals surface area contributed by atoms with Gasteiger partial charge in [-0.15, -0.1) is 0 Å². The van der Waals surface area contributed by atoms with Crippen LogP contribution >= 0.6 is 12.2 Å². The number of pyridine rings is 1. The van der Waals surface area contributed by atoms with Crippen LogP contribution in [-0.2, 0) is 9.53 Å². The first-order valence-corrected chi connectivity index (χ1v) is 10.4. The summed E-state index contributed by atoms with van der Waals surface area (Å²) in [6, 6.07) is 12.6. The average molecular weight is 456 g/mol. The van der Waals surface area contributed by atoms with E-state index in [2.05, 4.69) is 15.6 Å². The topological polar surface area (TPSA) is 90.9 Å². The summed E-state index contributed by atoms with van der Waals surface area (Å²) in [5, 5.41) is 6.62. The number of benzene rings is 2. The molecule has 0 unspecified atom stereocenters. The lowest BCUT2D eigenvalue weighted by molar-refractivity contribution is -0.120. The Morgan fingerprint density at radius 1 is 1.03 bits per heavy atom. The number of nitrogens with zero attached hydrogens (tertiary/aromatic N) is 1. The summed E-state index contributed by atoms with van der Waals surface area (Å²) in [6.45, 7) is 2.81. The van der Waals surface area contributed by atoms with Gasteiger partial charge in [-0.3, -0.25) is 9.78 Å². The van der Waals surface area contributed by atoms with Crippen LogP contribution < -0.4 is 24.8 Å². The van der Waals surface area contributed by atoms with Crippen LogP contribution in [0.3, 0.4) is 0 Å². The molecule has 9 heteroatoms. The van der Waals surface area contributed by atoms with Crippen molar-refractivity contribution >= 4 is 39.8 Å². The summed E-state index contributed by atoms with van der Waals surface area (Å²) in [5.41, 5.74) is 1.45. The highest BCUT2D eigenvalue weighted by Crippen LogP contribution is 2.36. The summed E-state index contributed by atoms with van der Waals surface area (Å²) in [7, 11) is 3.16. The number of carbonyl (C=O) groups is 1. The molecule has 0 aliphatic heterocycles. The Hall–Kier alpha value is -3.43. The van der Waals surface area contributed by atoms with Crippen LogP contribution in [0.1, 0.15) is 13.3 Å². The van der Waals surface area contributed by atoms with Crippen molar-refractivity contribution in [3.63, 3.8) is 0 Å². The number of hydrogen-bond donors (Lipinski definition) is 2. The molecule has 0 bridgehead atoms. The SMILES string of the molecule is CCOCCC(=O)NC(=S)Nc1ccc(Oc2ccnc3cc(OC)c(OC)cc23)cc1.